The van der Waals surface area contributed by atoms with Gasteiger partial charge in [0, 0.05) is 18.1 Å². The van der Waals surface area contributed by atoms with E-state index in [1.807, 2.05) is 25.2 Å². The molecule has 1 fully saturated rings. The lowest BCUT2D eigenvalue weighted by atomic mass is 10.0. The van der Waals surface area contributed by atoms with Crippen LogP contribution in [0, 0.1) is 0 Å². The summed E-state index contributed by atoms with van der Waals surface area (Å²) in [6.07, 6.45) is 0.957. The van der Waals surface area contributed by atoms with Gasteiger partial charge in [0.1, 0.15) is 0 Å². The van der Waals surface area contributed by atoms with Crippen LogP contribution in [-0.4, -0.2) is 24.5 Å². The van der Waals surface area contributed by atoms with E-state index in [4.69, 9.17) is 0 Å². The third-order valence-electron chi connectivity index (χ3n) is 2.65. The van der Waals surface area contributed by atoms with Crippen molar-refractivity contribution < 1.29 is 4.79 Å². The molecule has 1 aliphatic heterocycles. The van der Waals surface area contributed by atoms with Crippen LogP contribution in [-0.2, 0) is 0 Å². The number of nitrogens with one attached hydrogen (secondary N) is 1. The first-order valence-corrected chi connectivity index (χ1v) is 5.73. The fourth-order valence-corrected chi connectivity index (χ4v) is 2.15. The van der Waals surface area contributed by atoms with Crippen LogP contribution in [0.15, 0.2) is 28.7 Å². The monoisotopic (exact) mass is 268 g/mol. The molecule has 0 spiro atoms. The molecule has 0 saturated carbocycles. The van der Waals surface area contributed by atoms with E-state index < -0.39 is 0 Å². The molecule has 0 radical (unpaired) electrons. The smallest absolute Gasteiger partial charge is 0.317 e. The second-order valence-electron chi connectivity index (χ2n) is 3.77. The standard InChI is InChI=1S/C11H13BrN2O/c1-14-6-5-10(13-11(14)15)8-3-2-4-9(12)7-8/h2-4,7,10H,5-6H2,1H3,(H,13,15). The van der Waals surface area contributed by atoms with E-state index in [0.29, 0.717) is 0 Å². The summed E-state index contributed by atoms with van der Waals surface area (Å²) in [6, 6.07) is 8.22. The summed E-state index contributed by atoms with van der Waals surface area (Å²) < 4.78 is 1.05. The highest BCUT2D eigenvalue weighted by Gasteiger charge is 2.22. The Bertz CT molecular complexity index is 381. The molecule has 0 aromatic heterocycles. The summed E-state index contributed by atoms with van der Waals surface area (Å²) in [7, 11) is 1.81. The number of urea groups is 1. The summed E-state index contributed by atoms with van der Waals surface area (Å²) in [5.41, 5.74) is 1.16. The van der Waals surface area contributed by atoms with Crippen molar-refractivity contribution in [2.75, 3.05) is 13.6 Å². The number of benzene rings is 1. The Morgan fingerprint density at radius 1 is 1.53 bits per heavy atom. The average molecular weight is 269 g/mol. The van der Waals surface area contributed by atoms with Crippen LogP contribution in [0.2, 0.25) is 0 Å². The van der Waals surface area contributed by atoms with Crippen molar-refractivity contribution in [1.29, 1.82) is 0 Å². The maximum atomic E-state index is 11.5. The van der Waals surface area contributed by atoms with E-state index in [1.54, 1.807) is 4.90 Å². The number of carbonyl (C=O) groups excluding carboxylic acids is 1. The third kappa shape index (κ3) is 2.31. The van der Waals surface area contributed by atoms with Crippen LogP contribution in [0.25, 0.3) is 0 Å². The largest absolute Gasteiger partial charge is 0.331 e. The van der Waals surface area contributed by atoms with E-state index in [1.165, 1.54) is 0 Å². The Kier molecular flexibility index (Phi) is 2.95. The molecule has 1 aliphatic rings. The molecule has 1 heterocycles. The molecule has 1 N–H and O–H groups in total. The van der Waals surface area contributed by atoms with Crippen LogP contribution >= 0.6 is 15.9 Å². The summed E-state index contributed by atoms with van der Waals surface area (Å²) in [6.45, 7) is 0.809. The van der Waals surface area contributed by atoms with Crippen molar-refractivity contribution in [3.63, 3.8) is 0 Å². The Balaban J connectivity index is 2.15. The zero-order valence-electron chi connectivity index (χ0n) is 8.53. The number of carbonyl (C=O) groups is 1. The minimum absolute atomic E-state index is 0.00576. The van der Waals surface area contributed by atoms with Crippen LogP contribution in [0.3, 0.4) is 0 Å². The molecule has 1 atom stereocenters. The topological polar surface area (TPSA) is 32.3 Å². The molecule has 2 rings (SSSR count). The summed E-state index contributed by atoms with van der Waals surface area (Å²) in [4.78, 5) is 13.2. The first-order chi connectivity index (χ1) is 7.16. The van der Waals surface area contributed by atoms with Crippen LogP contribution in [0.4, 0.5) is 4.79 Å². The van der Waals surface area contributed by atoms with Gasteiger partial charge in [-0.3, -0.25) is 0 Å². The quantitative estimate of drug-likeness (QED) is 0.834. The Labute approximate surface area is 97.6 Å². The van der Waals surface area contributed by atoms with Crippen molar-refractivity contribution in [3.8, 4) is 0 Å². The molecule has 80 valence electrons. The average Bonchev–Trinajstić information content (AvgIpc) is 2.22. The molecule has 1 aromatic carbocycles. The van der Waals surface area contributed by atoms with E-state index in [-0.39, 0.29) is 12.1 Å². The van der Waals surface area contributed by atoms with Gasteiger partial charge in [-0.05, 0) is 24.1 Å². The van der Waals surface area contributed by atoms with E-state index in [2.05, 4.69) is 27.3 Å². The maximum Gasteiger partial charge on any atom is 0.317 e. The van der Waals surface area contributed by atoms with Gasteiger partial charge in [-0.2, -0.15) is 0 Å². The fourth-order valence-electron chi connectivity index (χ4n) is 1.73. The number of rotatable bonds is 1. The minimum Gasteiger partial charge on any atom is -0.331 e. The van der Waals surface area contributed by atoms with E-state index in [9.17, 15) is 4.79 Å². The van der Waals surface area contributed by atoms with Gasteiger partial charge in [0.2, 0.25) is 0 Å². The van der Waals surface area contributed by atoms with Gasteiger partial charge in [0.25, 0.3) is 0 Å². The van der Waals surface area contributed by atoms with Gasteiger partial charge in [-0.15, -0.1) is 0 Å². The molecule has 0 aliphatic carbocycles. The predicted molar refractivity (Wildman–Crippen MR) is 62.7 cm³/mol. The van der Waals surface area contributed by atoms with Gasteiger partial charge in [-0.1, -0.05) is 28.1 Å². The molecular weight excluding hydrogens is 256 g/mol. The van der Waals surface area contributed by atoms with Crippen molar-refractivity contribution in [3.05, 3.63) is 34.3 Å². The van der Waals surface area contributed by atoms with E-state index in [0.717, 1.165) is 23.0 Å². The number of halogens is 1. The zero-order chi connectivity index (χ0) is 10.8. The Hall–Kier alpha value is -1.03. The first kappa shape index (κ1) is 10.5. The van der Waals surface area contributed by atoms with Gasteiger partial charge in [-0.25, -0.2) is 4.79 Å². The lowest BCUT2D eigenvalue weighted by Crippen LogP contribution is -2.45. The van der Waals surface area contributed by atoms with Gasteiger partial charge in [0.15, 0.2) is 0 Å². The second kappa shape index (κ2) is 4.23. The molecule has 2 amide bonds. The number of amides is 2. The fraction of sp³-hybridized carbons (Fsp3) is 0.364. The minimum atomic E-state index is 0.00576. The highest BCUT2D eigenvalue weighted by Crippen LogP contribution is 2.23. The van der Waals surface area contributed by atoms with Crippen molar-refractivity contribution in [2.24, 2.45) is 0 Å². The lowest BCUT2D eigenvalue weighted by Gasteiger charge is -2.30. The lowest BCUT2D eigenvalue weighted by molar-refractivity contribution is 0.187. The van der Waals surface area contributed by atoms with Crippen molar-refractivity contribution in [2.45, 2.75) is 12.5 Å². The number of hydrogen-bond acceptors (Lipinski definition) is 1. The van der Waals surface area contributed by atoms with Crippen molar-refractivity contribution in [1.82, 2.24) is 10.2 Å². The maximum absolute atomic E-state index is 11.5. The molecule has 1 saturated heterocycles. The molecule has 1 unspecified atom stereocenters. The van der Waals surface area contributed by atoms with Gasteiger partial charge in [0.05, 0.1) is 6.04 Å². The number of hydrogen-bond donors (Lipinski definition) is 1. The third-order valence-corrected chi connectivity index (χ3v) is 3.14. The highest BCUT2D eigenvalue weighted by molar-refractivity contribution is 9.10. The van der Waals surface area contributed by atoms with Gasteiger partial charge >= 0.3 is 6.03 Å². The SMILES string of the molecule is CN1CCC(c2cccc(Br)c2)NC1=O. The number of nitrogens with zero attached hydrogens (tertiary/aromatic N) is 1. The van der Waals surface area contributed by atoms with E-state index >= 15 is 0 Å². The molecular formula is C11H13BrN2O. The highest BCUT2D eigenvalue weighted by atomic mass is 79.9. The normalized spacial score (nSPS) is 21.3. The summed E-state index contributed by atoms with van der Waals surface area (Å²) in [5, 5.41) is 2.98. The first-order valence-electron chi connectivity index (χ1n) is 4.94. The molecule has 15 heavy (non-hydrogen) atoms. The Morgan fingerprint density at radius 3 is 3.00 bits per heavy atom. The van der Waals surface area contributed by atoms with Crippen LogP contribution in [0.5, 0.6) is 0 Å². The van der Waals surface area contributed by atoms with Crippen LogP contribution < -0.4 is 5.32 Å². The van der Waals surface area contributed by atoms with Gasteiger partial charge < -0.3 is 10.2 Å². The molecule has 3 nitrogen and oxygen atoms in total. The predicted octanol–water partition coefficient (Wildman–Crippen LogP) is 2.54. The molecule has 0 bridgehead atoms. The zero-order valence-corrected chi connectivity index (χ0v) is 10.1. The van der Waals surface area contributed by atoms with Crippen LogP contribution in [0.1, 0.15) is 18.0 Å². The Morgan fingerprint density at radius 2 is 2.33 bits per heavy atom. The summed E-state index contributed by atoms with van der Waals surface area (Å²) in [5.74, 6) is 0. The summed E-state index contributed by atoms with van der Waals surface area (Å²) >= 11 is 3.43. The molecule has 4 heteroatoms. The van der Waals surface area contributed by atoms with Crippen molar-refractivity contribution >= 4 is 22.0 Å². The second-order valence-corrected chi connectivity index (χ2v) is 4.68. The molecule has 1 aromatic rings.